The van der Waals surface area contributed by atoms with Gasteiger partial charge in [-0.25, -0.2) is 0 Å². The van der Waals surface area contributed by atoms with Crippen LogP contribution in [-0.2, 0) is 14.2 Å². The van der Waals surface area contributed by atoms with Gasteiger partial charge in [-0.05, 0) is 17.7 Å². The summed E-state index contributed by atoms with van der Waals surface area (Å²) >= 11 is 0. The van der Waals surface area contributed by atoms with Gasteiger partial charge < -0.3 is 49.6 Å². The standard InChI is InChI=1S/C19H26O10/c1-2-10-3-5-11(6-4-10)28-17-15(23)14(22)13(21)12(29-17)7-26-18-16(24)19(25,8-20)9-27-18/h2-6,12-18,20-25H,1,7-9H2/t12?,13?,14?,15?,16?,17?,18?,19-/m1/s1. The Morgan fingerprint density at radius 3 is 2.34 bits per heavy atom. The second-order valence-electron chi connectivity index (χ2n) is 7.12. The SMILES string of the molecule is C=Cc1ccc(OC2OC(COC3OC[C@](O)(CO)C3O)C(O)C(O)C2O)cc1. The lowest BCUT2D eigenvalue weighted by molar-refractivity contribution is -0.289. The van der Waals surface area contributed by atoms with E-state index in [4.69, 9.17) is 24.1 Å². The molecule has 0 aromatic heterocycles. The highest BCUT2D eigenvalue weighted by Crippen LogP contribution is 2.28. The van der Waals surface area contributed by atoms with Crippen LogP contribution in [0, 0.1) is 0 Å². The lowest BCUT2D eigenvalue weighted by atomic mass is 9.99. The summed E-state index contributed by atoms with van der Waals surface area (Å²) in [5, 5.41) is 59.6. The summed E-state index contributed by atoms with van der Waals surface area (Å²) in [7, 11) is 0. The van der Waals surface area contributed by atoms with Crippen LogP contribution in [0.4, 0.5) is 0 Å². The second kappa shape index (κ2) is 9.04. The average molecular weight is 414 g/mol. The number of ether oxygens (including phenoxy) is 4. The number of rotatable bonds is 7. The molecule has 0 radical (unpaired) electrons. The third-order valence-electron chi connectivity index (χ3n) is 5.04. The first-order valence-corrected chi connectivity index (χ1v) is 9.12. The predicted octanol–water partition coefficient (Wildman–Crippen LogP) is -2.03. The van der Waals surface area contributed by atoms with Crippen LogP contribution in [0.3, 0.4) is 0 Å². The minimum Gasteiger partial charge on any atom is -0.462 e. The quantitative estimate of drug-likeness (QED) is 0.294. The number of aliphatic hydroxyl groups excluding tert-OH is 5. The van der Waals surface area contributed by atoms with Crippen LogP contribution >= 0.6 is 0 Å². The maximum atomic E-state index is 10.2. The third kappa shape index (κ3) is 4.61. The summed E-state index contributed by atoms with van der Waals surface area (Å²) in [6.07, 6.45) is -8.13. The topological polar surface area (TPSA) is 158 Å². The first kappa shape index (κ1) is 22.1. The summed E-state index contributed by atoms with van der Waals surface area (Å²) < 4.78 is 21.6. The molecule has 0 amide bonds. The molecule has 0 bridgehead atoms. The van der Waals surface area contributed by atoms with Crippen LogP contribution in [0.1, 0.15) is 5.56 Å². The minimum absolute atomic E-state index is 0.336. The van der Waals surface area contributed by atoms with Crippen molar-refractivity contribution in [3.63, 3.8) is 0 Å². The number of hydrogen-bond donors (Lipinski definition) is 6. The molecular weight excluding hydrogens is 388 g/mol. The molecule has 7 unspecified atom stereocenters. The van der Waals surface area contributed by atoms with Crippen LogP contribution in [0.15, 0.2) is 30.8 Å². The molecule has 162 valence electrons. The molecule has 2 saturated heterocycles. The van der Waals surface area contributed by atoms with Crippen molar-refractivity contribution in [2.75, 3.05) is 19.8 Å². The molecule has 0 aliphatic carbocycles. The molecule has 8 atom stereocenters. The molecule has 1 aromatic carbocycles. The fourth-order valence-electron chi connectivity index (χ4n) is 3.09. The largest absolute Gasteiger partial charge is 0.462 e. The van der Waals surface area contributed by atoms with E-state index in [1.807, 2.05) is 0 Å². The van der Waals surface area contributed by atoms with Crippen molar-refractivity contribution >= 4 is 6.08 Å². The molecule has 0 saturated carbocycles. The molecule has 2 fully saturated rings. The summed E-state index contributed by atoms with van der Waals surface area (Å²) in [5.41, 5.74) is -0.988. The molecule has 29 heavy (non-hydrogen) atoms. The number of hydrogen-bond acceptors (Lipinski definition) is 10. The Balaban J connectivity index is 1.62. The summed E-state index contributed by atoms with van der Waals surface area (Å²) in [4.78, 5) is 0. The van der Waals surface area contributed by atoms with E-state index < -0.39 is 55.3 Å². The van der Waals surface area contributed by atoms with Crippen molar-refractivity contribution in [1.29, 1.82) is 0 Å². The Kier molecular flexibility index (Phi) is 6.89. The van der Waals surface area contributed by atoms with Crippen molar-refractivity contribution in [3.8, 4) is 5.75 Å². The van der Waals surface area contributed by atoms with Gasteiger partial charge in [0.2, 0.25) is 6.29 Å². The Bertz CT molecular complexity index is 682. The molecule has 6 N–H and O–H groups in total. The first-order valence-electron chi connectivity index (χ1n) is 9.12. The van der Waals surface area contributed by atoms with E-state index in [1.165, 1.54) is 0 Å². The molecule has 10 heteroatoms. The number of benzene rings is 1. The molecule has 10 nitrogen and oxygen atoms in total. The zero-order valence-electron chi connectivity index (χ0n) is 15.6. The molecule has 3 rings (SSSR count). The zero-order chi connectivity index (χ0) is 21.2. The summed E-state index contributed by atoms with van der Waals surface area (Å²) in [6, 6.07) is 6.75. The van der Waals surface area contributed by atoms with E-state index in [-0.39, 0.29) is 13.2 Å². The maximum Gasteiger partial charge on any atom is 0.229 e. The number of aliphatic hydroxyl groups is 6. The summed E-state index contributed by atoms with van der Waals surface area (Å²) in [5.74, 6) is 0.366. The molecule has 2 heterocycles. The third-order valence-corrected chi connectivity index (χ3v) is 5.04. The van der Waals surface area contributed by atoms with Gasteiger partial charge in [-0.15, -0.1) is 0 Å². The van der Waals surface area contributed by atoms with Gasteiger partial charge in [0.15, 0.2) is 6.29 Å². The van der Waals surface area contributed by atoms with Crippen LogP contribution in [0.2, 0.25) is 0 Å². The van der Waals surface area contributed by atoms with Crippen LogP contribution in [0.5, 0.6) is 5.75 Å². The monoisotopic (exact) mass is 414 g/mol. The summed E-state index contributed by atoms with van der Waals surface area (Å²) in [6.45, 7) is 2.25. The highest BCUT2D eigenvalue weighted by Gasteiger charge is 2.50. The smallest absolute Gasteiger partial charge is 0.229 e. The van der Waals surface area contributed by atoms with Gasteiger partial charge in [-0.2, -0.15) is 0 Å². The lowest BCUT2D eigenvalue weighted by Gasteiger charge is -2.40. The van der Waals surface area contributed by atoms with Gasteiger partial charge >= 0.3 is 0 Å². The van der Waals surface area contributed by atoms with E-state index in [1.54, 1.807) is 30.3 Å². The van der Waals surface area contributed by atoms with Crippen molar-refractivity contribution in [1.82, 2.24) is 0 Å². The van der Waals surface area contributed by atoms with Crippen LogP contribution < -0.4 is 4.74 Å². The van der Waals surface area contributed by atoms with E-state index in [2.05, 4.69) is 6.58 Å². The molecular formula is C19H26O10. The van der Waals surface area contributed by atoms with E-state index in [9.17, 15) is 25.5 Å². The van der Waals surface area contributed by atoms with Crippen LogP contribution in [0.25, 0.3) is 6.08 Å². The van der Waals surface area contributed by atoms with Crippen molar-refractivity contribution in [2.45, 2.75) is 48.7 Å². The Morgan fingerprint density at radius 1 is 1.07 bits per heavy atom. The Labute approximate surface area is 167 Å². The fourth-order valence-corrected chi connectivity index (χ4v) is 3.09. The van der Waals surface area contributed by atoms with E-state index >= 15 is 0 Å². The van der Waals surface area contributed by atoms with Gasteiger partial charge in [-0.3, -0.25) is 0 Å². The normalized spacial score (nSPS) is 40.0. The Morgan fingerprint density at radius 2 is 1.76 bits per heavy atom. The highest BCUT2D eigenvalue weighted by atomic mass is 16.7. The average Bonchev–Trinajstić information content (AvgIpc) is 3.02. The van der Waals surface area contributed by atoms with Gasteiger partial charge in [-0.1, -0.05) is 24.8 Å². The molecule has 0 spiro atoms. The van der Waals surface area contributed by atoms with Gasteiger partial charge in [0.05, 0.1) is 19.8 Å². The van der Waals surface area contributed by atoms with Gasteiger partial charge in [0.1, 0.15) is 41.9 Å². The Hall–Kier alpha value is -1.60. The second-order valence-corrected chi connectivity index (χ2v) is 7.12. The molecule has 2 aliphatic rings. The highest BCUT2D eigenvalue weighted by molar-refractivity contribution is 5.48. The van der Waals surface area contributed by atoms with Gasteiger partial charge in [0.25, 0.3) is 0 Å². The van der Waals surface area contributed by atoms with Crippen molar-refractivity contribution in [3.05, 3.63) is 36.4 Å². The van der Waals surface area contributed by atoms with Crippen molar-refractivity contribution in [2.24, 2.45) is 0 Å². The maximum absolute atomic E-state index is 10.2. The van der Waals surface area contributed by atoms with E-state index in [0.717, 1.165) is 5.56 Å². The predicted molar refractivity (Wildman–Crippen MR) is 97.6 cm³/mol. The van der Waals surface area contributed by atoms with Gasteiger partial charge in [0, 0.05) is 0 Å². The lowest BCUT2D eigenvalue weighted by Crippen LogP contribution is -2.60. The molecule has 1 aromatic rings. The molecule has 2 aliphatic heterocycles. The zero-order valence-corrected chi connectivity index (χ0v) is 15.6. The van der Waals surface area contributed by atoms with Crippen LogP contribution in [-0.4, -0.2) is 99.2 Å². The fraction of sp³-hybridized carbons (Fsp3) is 0.579. The minimum atomic E-state index is -1.85. The van der Waals surface area contributed by atoms with Crippen molar-refractivity contribution < 1.29 is 49.6 Å². The first-order chi connectivity index (χ1) is 13.8. The van der Waals surface area contributed by atoms with E-state index in [0.29, 0.717) is 5.75 Å².